The van der Waals surface area contributed by atoms with Gasteiger partial charge in [0.2, 0.25) is 0 Å². The summed E-state index contributed by atoms with van der Waals surface area (Å²) in [7, 11) is 0. The van der Waals surface area contributed by atoms with Crippen LogP contribution in [0, 0.1) is 11.3 Å². The molecule has 0 radical (unpaired) electrons. The van der Waals surface area contributed by atoms with Gasteiger partial charge < -0.3 is 20.4 Å². The third-order valence-electron chi connectivity index (χ3n) is 5.00. The van der Waals surface area contributed by atoms with Crippen LogP contribution in [0.4, 0.5) is 0 Å². The first-order chi connectivity index (χ1) is 8.58. The van der Waals surface area contributed by atoms with Gasteiger partial charge in [-0.3, -0.25) is 0 Å². The van der Waals surface area contributed by atoms with E-state index in [2.05, 4.69) is 6.58 Å². The van der Waals surface area contributed by atoms with Crippen molar-refractivity contribution >= 4 is 0 Å². The van der Waals surface area contributed by atoms with Crippen LogP contribution in [-0.2, 0) is 0 Å². The summed E-state index contributed by atoms with van der Waals surface area (Å²) in [6, 6.07) is 0. The Morgan fingerprint density at radius 2 is 1.89 bits per heavy atom. The highest BCUT2D eigenvalue weighted by atomic mass is 16.3. The van der Waals surface area contributed by atoms with E-state index >= 15 is 0 Å². The number of fused-ring (bicyclic) bond motifs is 1. The summed E-state index contributed by atoms with van der Waals surface area (Å²) in [6.07, 6.45) is -0.0375. The molecule has 0 heterocycles. The summed E-state index contributed by atoms with van der Waals surface area (Å²) in [4.78, 5) is 0. The molecule has 108 valence electrons. The molecule has 5 atom stereocenters. The number of aliphatic hydroxyl groups is 4. The highest BCUT2D eigenvalue weighted by molar-refractivity contribution is 5.31. The lowest BCUT2D eigenvalue weighted by Crippen LogP contribution is -2.56. The Kier molecular flexibility index (Phi) is 3.42. The zero-order valence-electron chi connectivity index (χ0n) is 11.8. The van der Waals surface area contributed by atoms with Gasteiger partial charge in [-0.1, -0.05) is 19.6 Å². The second kappa shape index (κ2) is 4.42. The Morgan fingerprint density at radius 1 is 1.32 bits per heavy atom. The zero-order chi connectivity index (χ0) is 14.6. The maximum absolute atomic E-state index is 10.4. The summed E-state index contributed by atoms with van der Waals surface area (Å²) in [6.45, 7) is 9.10. The fourth-order valence-electron chi connectivity index (χ4n) is 3.35. The molecule has 0 spiro atoms. The highest BCUT2D eigenvalue weighted by Crippen LogP contribution is 2.52. The van der Waals surface area contributed by atoms with Crippen molar-refractivity contribution in [2.75, 3.05) is 0 Å². The Labute approximate surface area is 114 Å². The monoisotopic (exact) mass is 268 g/mol. The second-order valence-corrected chi connectivity index (χ2v) is 6.66. The van der Waals surface area contributed by atoms with E-state index in [0.717, 1.165) is 5.57 Å². The Bertz CT molecular complexity index is 420. The average Bonchev–Trinajstić information content (AvgIpc) is 2.28. The maximum Gasteiger partial charge on any atom is 0.0808 e. The summed E-state index contributed by atoms with van der Waals surface area (Å²) < 4.78 is 0. The number of aliphatic hydroxyl groups excluding tert-OH is 3. The molecular formula is C15H24O4. The number of rotatable bonds is 1. The molecule has 1 saturated carbocycles. The molecule has 1 fully saturated rings. The van der Waals surface area contributed by atoms with E-state index in [1.807, 2.05) is 6.92 Å². The molecule has 19 heavy (non-hydrogen) atoms. The summed E-state index contributed by atoms with van der Waals surface area (Å²) in [5.74, 6) is -0.229. The van der Waals surface area contributed by atoms with E-state index in [0.29, 0.717) is 12.0 Å². The van der Waals surface area contributed by atoms with Gasteiger partial charge in [0.1, 0.15) is 0 Å². The molecule has 4 heteroatoms. The zero-order valence-corrected chi connectivity index (χ0v) is 11.8. The van der Waals surface area contributed by atoms with Gasteiger partial charge in [0.25, 0.3) is 0 Å². The summed E-state index contributed by atoms with van der Waals surface area (Å²) in [5.41, 5.74) is -0.396. The largest absolute Gasteiger partial charge is 0.392 e. The van der Waals surface area contributed by atoms with E-state index in [1.54, 1.807) is 19.9 Å². The molecule has 4 N–H and O–H groups in total. The van der Waals surface area contributed by atoms with E-state index in [-0.39, 0.29) is 12.3 Å². The standard InChI is InChI=1S/C15H24O4/c1-8-10-5-9(14(2,3)19)6-12(17)15(10,4)13(18)7-11(8)16/h6,10-13,16-19H,1,5,7H2,2-4H3/t10-,11+,12-,13+,15-/m0/s1. The molecule has 0 saturated heterocycles. The third kappa shape index (κ3) is 2.17. The van der Waals surface area contributed by atoms with Gasteiger partial charge in [0, 0.05) is 11.8 Å². The van der Waals surface area contributed by atoms with Crippen LogP contribution in [0.2, 0.25) is 0 Å². The van der Waals surface area contributed by atoms with Gasteiger partial charge in [-0.25, -0.2) is 0 Å². The molecule has 0 aliphatic heterocycles. The lowest BCUT2D eigenvalue weighted by Gasteiger charge is -2.53. The van der Waals surface area contributed by atoms with Crippen molar-refractivity contribution in [3.05, 3.63) is 23.8 Å². The maximum atomic E-state index is 10.4. The quantitative estimate of drug-likeness (QED) is 0.529. The van der Waals surface area contributed by atoms with Crippen LogP contribution in [0.1, 0.15) is 33.6 Å². The fraction of sp³-hybridized carbons (Fsp3) is 0.733. The predicted molar refractivity (Wildman–Crippen MR) is 72.4 cm³/mol. The topological polar surface area (TPSA) is 80.9 Å². The second-order valence-electron chi connectivity index (χ2n) is 6.66. The number of hydrogen-bond acceptors (Lipinski definition) is 4. The van der Waals surface area contributed by atoms with Crippen molar-refractivity contribution in [1.29, 1.82) is 0 Å². The van der Waals surface area contributed by atoms with Crippen LogP contribution in [0.3, 0.4) is 0 Å². The Morgan fingerprint density at radius 3 is 2.42 bits per heavy atom. The van der Waals surface area contributed by atoms with E-state index in [9.17, 15) is 20.4 Å². The van der Waals surface area contributed by atoms with Crippen molar-refractivity contribution in [1.82, 2.24) is 0 Å². The van der Waals surface area contributed by atoms with E-state index in [4.69, 9.17) is 0 Å². The molecule has 0 amide bonds. The summed E-state index contributed by atoms with van der Waals surface area (Å²) >= 11 is 0. The van der Waals surface area contributed by atoms with E-state index < -0.39 is 29.3 Å². The first kappa shape index (κ1) is 14.7. The lowest BCUT2D eigenvalue weighted by atomic mass is 9.55. The molecule has 0 aromatic heterocycles. The van der Waals surface area contributed by atoms with Crippen molar-refractivity contribution in [3.8, 4) is 0 Å². The van der Waals surface area contributed by atoms with Crippen LogP contribution in [0.5, 0.6) is 0 Å². The SMILES string of the molecule is C=C1[C@H](O)C[C@@H](O)[C@]2(C)[C@@H](O)C=C(C(C)(C)O)C[C@@H]12. The molecular weight excluding hydrogens is 244 g/mol. The van der Waals surface area contributed by atoms with Gasteiger partial charge in [0.15, 0.2) is 0 Å². The molecule has 2 rings (SSSR count). The molecule has 0 aromatic carbocycles. The lowest BCUT2D eigenvalue weighted by molar-refractivity contribution is -0.113. The van der Waals surface area contributed by atoms with Gasteiger partial charge in [-0.2, -0.15) is 0 Å². The van der Waals surface area contributed by atoms with Gasteiger partial charge in [-0.05, 0) is 37.3 Å². The molecule has 0 bridgehead atoms. The van der Waals surface area contributed by atoms with Crippen molar-refractivity contribution in [2.45, 2.75) is 57.5 Å². The van der Waals surface area contributed by atoms with Crippen molar-refractivity contribution in [3.63, 3.8) is 0 Å². The Hall–Kier alpha value is -0.680. The minimum absolute atomic E-state index is 0.203. The van der Waals surface area contributed by atoms with Crippen LogP contribution >= 0.6 is 0 Å². The van der Waals surface area contributed by atoms with Gasteiger partial charge >= 0.3 is 0 Å². The van der Waals surface area contributed by atoms with Crippen LogP contribution in [0.15, 0.2) is 23.8 Å². The minimum Gasteiger partial charge on any atom is -0.392 e. The summed E-state index contributed by atoms with van der Waals surface area (Å²) in [5, 5.41) is 40.7. The molecule has 0 unspecified atom stereocenters. The highest BCUT2D eigenvalue weighted by Gasteiger charge is 2.54. The van der Waals surface area contributed by atoms with Crippen molar-refractivity contribution in [2.24, 2.45) is 11.3 Å². The molecule has 2 aliphatic carbocycles. The van der Waals surface area contributed by atoms with Gasteiger partial charge in [0.05, 0.1) is 23.9 Å². The fourth-order valence-corrected chi connectivity index (χ4v) is 3.35. The average molecular weight is 268 g/mol. The van der Waals surface area contributed by atoms with Crippen LogP contribution in [-0.4, -0.2) is 44.3 Å². The predicted octanol–water partition coefficient (Wildman–Crippen LogP) is 0.753. The minimum atomic E-state index is -1.02. The van der Waals surface area contributed by atoms with Crippen LogP contribution < -0.4 is 0 Å². The normalized spacial score (nSPS) is 43.7. The smallest absolute Gasteiger partial charge is 0.0808 e. The van der Waals surface area contributed by atoms with E-state index in [1.165, 1.54) is 0 Å². The number of hydrogen-bond donors (Lipinski definition) is 4. The van der Waals surface area contributed by atoms with Crippen LogP contribution in [0.25, 0.3) is 0 Å². The molecule has 4 nitrogen and oxygen atoms in total. The first-order valence-corrected chi connectivity index (χ1v) is 6.75. The molecule has 0 aromatic rings. The van der Waals surface area contributed by atoms with Crippen molar-refractivity contribution < 1.29 is 20.4 Å². The Balaban J connectivity index is 2.45. The first-order valence-electron chi connectivity index (χ1n) is 6.75. The molecule has 2 aliphatic rings. The van der Waals surface area contributed by atoms with Gasteiger partial charge in [-0.15, -0.1) is 0 Å². The third-order valence-corrected chi connectivity index (χ3v) is 5.00.